The number of benzene rings is 1. The minimum Gasteiger partial charge on any atom is -0.287 e. The van der Waals surface area contributed by atoms with E-state index in [1.807, 2.05) is 53.2 Å². The standard InChI is InChI=1S/C13H10Br2NO.ClH/c14-11-6-4-10(5-7-11)12(17)9-16-8-2-1-3-13(16)15;/h1-8H,9H2;1H/q+1;. The molecule has 2 nitrogen and oxygen atoms in total. The van der Waals surface area contributed by atoms with Crippen molar-refractivity contribution in [2.45, 2.75) is 6.54 Å². The number of pyridine rings is 1. The maximum Gasteiger partial charge on any atom is 0.248 e. The number of ketones is 1. The van der Waals surface area contributed by atoms with Crippen LogP contribution in [0, 0.1) is 0 Å². The quantitative estimate of drug-likeness (QED) is 0.442. The Morgan fingerprint density at radius 3 is 2.33 bits per heavy atom. The van der Waals surface area contributed by atoms with Crippen LogP contribution in [0.2, 0.25) is 0 Å². The maximum atomic E-state index is 12.0. The molecule has 2 aromatic rings. The Hall–Kier alpha value is -0.710. The number of nitrogens with zero attached hydrogens (tertiary/aromatic N) is 1. The first-order valence-corrected chi connectivity index (χ1v) is 6.68. The fourth-order valence-corrected chi connectivity index (χ4v) is 2.13. The van der Waals surface area contributed by atoms with Crippen molar-refractivity contribution in [2.24, 2.45) is 0 Å². The van der Waals surface area contributed by atoms with Gasteiger partial charge in [-0.3, -0.25) is 4.79 Å². The SMILES string of the molecule is Cl.O=C(C[n+]1ccccc1Br)c1ccc(Br)cc1. The zero-order chi connectivity index (χ0) is 12.3. The Kier molecular flexibility index (Phi) is 5.99. The van der Waals surface area contributed by atoms with E-state index in [0.717, 1.165) is 14.6 Å². The van der Waals surface area contributed by atoms with Crippen molar-refractivity contribution in [3.63, 3.8) is 0 Å². The molecule has 0 radical (unpaired) electrons. The molecule has 0 bridgehead atoms. The fraction of sp³-hybridized carbons (Fsp3) is 0.0769. The molecule has 0 fully saturated rings. The number of hydrogen-bond donors (Lipinski definition) is 0. The van der Waals surface area contributed by atoms with E-state index in [-0.39, 0.29) is 18.2 Å². The largest absolute Gasteiger partial charge is 0.287 e. The molecule has 0 aliphatic heterocycles. The number of halogens is 3. The van der Waals surface area contributed by atoms with Gasteiger partial charge in [-0.15, -0.1) is 12.4 Å². The monoisotopic (exact) mass is 390 g/mol. The van der Waals surface area contributed by atoms with Crippen LogP contribution >= 0.6 is 44.3 Å². The molecule has 5 heteroatoms. The first-order valence-electron chi connectivity index (χ1n) is 5.09. The molecule has 0 atom stereocenters. The second-order valence-corrected chi connectivity index (χ2v) is 5.31. The molecule has 94 valence electrons. The third kappa shape index (κ3) is 3.90. The van der Waals surface area contributed by atoms with E-state index in [1.54, 1.807) is 0 Å². The highest BCUT2D eigenvalue weighted by Gasteiger charge is 2.14. The average Bonchev–Trinajstić information content (AvgIpc) is 2.33. The molecule has 0 aliphatic carbocycles. The predicted octanol–water partition coefficient (Wildman–Crippen LogP) is 3.80. The van der Waals surface area contributed by atoms with E-state index in [2.05, 4.69) is 31.9 Å². The molecule has 1 heterocycles. The molecule has 0 aliphatic rings. The first kappa shape index (κ1) is 15.3. The van der Waals surface area contributed by atoms with Gasteiger partial charge in [0.25, 0.3) is 0 Å². The zero-order valence-electron chi connectivity index (χ0n) is 9.35. The van der Waals surface area contributed by atoms with Crippen LogP contribution in [0.15, 0.2) is 57.7 Å². The highest BCUT2D eigenvalue weighted by molar-refractivity contribution is 9.10. The van der Waals surface area contributed by atoms with Gasteiger partial charge in [-0.2, -0.15) is 4.57 Å². The minimum atomic E-state index is 0. The van der Waals surface area contributed by atoms with Crippen molar-refractivity contribution < 1.29 is 9.36 Å². The van der Waals surface area contributed by atoms with Gasteiger partial charge >= 0.3 is 0 Å². The Bertz CT molecular complexity index is 543. The highest BCUT2D eigenvalue weighted by atomic mass is 79.9. The molecule has 0 amide bonds. The molecule has 0 saturated heterocycles. The molecular weight excluding hydrogens is 381 g/mol. The van der Waals surface area contributed by atoms with Gasteiger partial charge < -0.3 is 0 Å². The van der Waals surface area contributed by atoms with Gasteiger partial charge in [0.1, 0.15) is 0 Å². The summed E-state index contributed by atoms with van der Waals surface area (Å²) in [6.45, 7) is 0.336. The first-order chi connectivity index (χ1) is 8.16. The van der Waals surface area contributed by atoms with Crippen LogP contribution in [0.25, 0.3) is 0 Å². The molecular formula is C13H11Br2ClNO+. The van der Waals surface area contributed by atoms with Crippen molar-refractivity contribution in [1.82, 2.24) is 0 Å². The summed E-state index contributed by atoms with van der Waals surface area (Å²) >= 11 is 6.76. The van der Waals surface area contributed by atoms with Crippen molar-refractivity contribution in [3.05, 3.63) is 63.3 Å². The summed E-state index contributed by atoms with van der Waals surface area (Å²) in [5, 5.41) is 0. The number of hydrogen-bond acceptors (Lipinski definition) is 1. The van der Waals surface area contributed by atoms with E-state index < -0.39 is 0 Å². The molecule has 1 aromatic heterocycles. The van der Waals surface area contributed by atoms with Crippen molar-refractivity contribution >= 4 is 50.1 Å². The van der Waals surface area contributed by atoms with Crippen LogP contribution in [-0.2, 0) is 6.54 Å². The molecule has 2 rings (SSSR count). The molecule has 0 N–H and O–H groups in total. The van der Waals surface area contributed by atoms with Crippen LogP contribution in [0.4, 0.5) is 0 Å². The second kappa shape index (κ2) is 7.02. The number of rotatable bonds is 3. The normalized spacial score (nSPS) is 9.67. The third-order valence-electron chi connectivity index (χ3n) is 2.37. The number of aromatic nitrogens is 1. The Morgan fingerprint density at radius 1 is 1.06 bits per heavy atom. The van der Waals surface area contributed by atoms with E-state index in [4.69, 9.17) is 0 Å². The van der Waals surface area contributed by atoms with Gasteiger partial charge in [-0.1, -0.05) is 28.1 Å². The van der Waals surface area contributed by atoms with Crippen LogP contribution in [0.3, 0.4) is 0 Å². The zero-order valence-corrected chi connectivity index (χ0v) is 13.3. The Morgan fingerprint density at radius 2 is 1.72 bits per heavy atom. The van der Waals surface area contributed by atoms with Gasteiger partial charge in [0.15, 0.2) is 6.20 Å². The minimum absolute atomic E-state index is 0. The van der Waals surface area contributed by atoms with Crippen molar-refractivity contribution in [3.8, 4) is 0 Å². The van der Waals surface area contributed by atoms with E-state index in [0.29, 0.717) is 6.54 Å². The molecule has 0 spiro atoms. The maximum absolute atomic E-state index is 12.0. The van der Waals surface area contributed by atoms with Gasteiger partial charge in [0.05, 0.1) is 0 Å². The lowest BCUT2D eigenvalue weighted by Gasteiger charge is -1.99. The fourth-order valence-electron chi connectivity index (χ4n) is 1.47. The molecule has 0 unspecified atom stereocenters. The van der Waals surface area contributed by atoms with Crippen LogP contribution in [0.1, 0.15) is 10.4 Å². The Labute approximate surface area is 129 Å². The Balaban J connectivity index is 0.00000162. The van der Waals surface area contributed by atoms with Crippen molar-refractivity contribution in [2.75, 3.05) is 0 Å². The number of carbonyl (C=O) groups excluding carboxylic acids is 1. The van der Waals surface area contributed by atoms with Gasteiger partial charge in [-0.25, -0.2) is 0 Å². The summed E-state index contributed by atoms with van der Waals surface area (Å²) in [4.78, 5) is 12.0. The number of Topliss-reactive ketones (excluding diaryl/α,β-unsaturated/α-hetero) is 1. The summed E-state index contributed by atoms with van der Waals surface area (Å²) in [6, 6.07) is 13.1. The lowest BCUT2D eigenvalue weighted by molar-refractivity contribution is -0.694. The van der Waals surface area contributed by atoms with Gasteiger partial charge in [-0.05, 0) is 18.2 Å². The molecule has 0 saturated carbocycles. The van der Waals surface area contributed by atoms with Crippen LogP contribution in [0.5, 0.6) is 0 Å². The summed E-state index contributed by atoms with van der Waals surface area (Å²) in [5.41, 5.74) is 0.719. The van der Waals surface area contributed by atoms with Gasteiger partial charge in [0.2, 0.25) is 16.9 Å². The highest BCUT2D eigenvalue weighted by Crippen LogP contribution is 2.11. The summed E-state index contributed by atoms with van der Waals surface area (Å²) in [7, 11) is 0. The third-order valence-corrected chi connectivity index (χ3v) is 3.61. The number of carbonyl (C=O) groups is 1. The lowest BCUT2D eigenvalue weighted by atomic mass is 10.1. The van der Waals surface area contributed by atoms with E-state index in [1.165, 1.54) is 0 Å². The van der Waals surface area contributed by atoms with Crippen LogP contribution < -0.4 is 4.57 Å². The average molecular weight is 392 g/mol. The summed E-state index contributed by atoms with van der Waals surface area (Å²) < 4.78 is 3.73. The second-order valence-electron chi connectivity index (χ2n) is 3.58. The van der Waals surface area contributed by atoms with E-state index in [9.17, 15) is 4.79 Å². The smallest absolute Gasteiger partial charge is 0.248 e. The predicted molar refractivity (Wildman–Crippen MR) is 80.1 cm³/mol. The topological polar surface area (TPSA) is 20.9 Å². The van der Waals surface area contributed by atoms with Gasteiger partial charge in [0, 0.05) is 38.1 Å². The summed E-state index contributed by atoms with van der Waals surface area (Å²) in [6.07, 6.45) is 1.88. The van der Waals surface area contributed by atoms with Crippen molar-refractivity contribution in [1.29, 1.82) is 0 Å². The molecule has 18 heavy (non-hydrogen) atoms. The lowest BCUT2D eigenvalue weighted by Crippen LogP contribution is -2.38. The van der Waals surface area contributed by atoms with Crippen LogP contribution in [-0.4, -0.2) is 5.78 Å². The van der Waals surface area contributed by atoms with E-state index >= 15 is 0 Å². The summed E-state index contributed by atoms with van der Waals surface area (Å²) in [5.74, 6) is 0.0920. The molecule has 1 aromatic carbocycles.